The highest BCUT2D eigenvalue weighted by Crippen LogP contribution is 2.24. The fraction of sp³-hybridized carbons (Fsp3) is 0.182. The molecule has 0 aliphatic carbocycles. The first-order chi connectivity index (χ1) is 8.65. The van der Waals surface area contributed by atoms with Gasteiger partial charge in [-0.1, -0.05) is 0 Å². The van der Waals surface area contributed by atoms with Gasteiger partial charge in [0.15, 0.2) is 5.65 Å². The highest BCUT2D eigenvalue weighted by atomic mass is 16.2. The van der Waals surface area contributed by atoms with Gasteiger partial charge in [-0.15, -0.1) is 0 Å². The van der Waals surface area contributed by atoms with Gasteiger partial charge >= 0.3 is 6.03 Å². The minimum absolute atomic E-state index is 0.264. The number of nitrogen functional groups attached to an aromatic ring is 1. The number of hydrogen-bond acceptors (Lipinski definition) is 4. The number of carbonyl (C=O) groups excluding carboxylic acids is 2. The van der Waals surface area contributed by atoms with Gasteiger partial charge in [-0.05, 0) is 6.07 Å². The van der Waals surface area contributed by atoms with Crippen molar-refractivity contribution in [1.29, 1.82) is 0 Å². The molecule has 0 atom stereocenters. The molecule has 3 amide bonds. The molecule has 92 valence electrons. The summed E-state index contributed by atoms with van der Waals surface area (Å²) >= 11 is 0. The van der Waals surface area contributed by atoms with Gasteiger partial charge in [0, 0.05) is 31.6 Å². The molecule has 0 bridgehead atoms. The van der Waals surface area contributed by atoms with Crippen molar-refractivity contribution in [3.63, 3.8) is 0 Å². The van der Waals surface area contributed by atoms with Gasteiger partial charge < -0.3 is 10.1 Å². The molecule has 0 radical (unpaired) electrons. The van der Waals surface area contributed by atoms with E-state index in [2.05, 4.69) is 10.3 Å². The summed E-state index contributed by atoms with van der Waals surface area (Å²) in [4.78, 5) is 28.6. The fourth-order valence-corrected chi connectivity index (χ4v) is 2.03. The van der Waals surface area contributed by atoms with E-state index in [1.807, 2.05) is 0 Å². The van der Waals surface area contributed by atoms with Crippen molar-refractivity contribution < 1.29 is 9.59 Å². The number of amides is 3. The molecule has 0 unspecified atom stereocenters. The van der Waals surface area contributed by atoms with E-state index in [1.165, 1.54) is 4.90 Å². The smallest absolute Gasteiger partial charge is 0.328 e. The van der Waals surface area contributed by atoms with Crippen LogP contribution in [-0.4, -0.2) is 27.9 Å². The third kappa shape index (κ3) is 1.56. The number of pyridine rings is 1. The standard InChI is InChI=1S/C11H11N5O2/c12-7-5-8(10-13-2-4-15(10)6-7)16-3-1-9(17)14-11(16)18/h2,4-6H,1,3,12H2,(H,14,17,18). The molecule has 2 aromatic heterocycles. The van der Waals surface area contributed by atoms with Crippen molar-refractivity contribution in [1.82, 2.24) is 14.7 Å². The number of aromatic nitrogens is 2. The van der Waals surface area contributed by atoms with E-state index >= 15 is 0 Å². The van der Waals surface area contributed by atoms with Crippen molar-refractivity contribution in [3.05, 3.63) is 24.7 Å². The van der Waals surface area contributed by atoms with Crippen molar-refractivity contribution in [2.45, 2.75) is 6.42 Å². The largest absolute Gasteiger partial charge is 0.397 e. The predicted octanol–water partition coefficient (Wildman–Crippen LogP) is 0.363. The Kier molecular flexibility index (Phi) is 2.19. The van der Waals surface area contributed by atoms with E-state index in [0.717, 1.165) is 0 Å². The zero-order chi connectivity index (χ0) is 12.7. The summed E-state index contributed by atoms with van der Waals surface area (Å²) in [6.45, 7) is 0.330. The van der Waals surface area contributed by atoms with Gasteiger partial charge in [0.05, 0.1) is 11.4 Å². The maximum Gasteiger partial charge on any atom is 0.328 e. The minimum Gasteiger partial charge on any atom is -0.397 e. The molecule has 7 nitrogen and oxygen atoms in total. The normalized spacial score (nSPS) is 16.1. The summed E-state index contributed by atoms with van der Waals surface area (Å²) in [6.07, 6.45) is 5.37. The molecular formula is C11H11N5O2. The molecule has 3 rings (SSSR count). The minimum atomic E-state index is -0.443. The Bertz CT molecular complexity index is 648. The van der Waals surface area contributed by atoms with Crippen LogP contribution in [0, 0.1) is 0 Å². The Morgan fingerprint density at radius 3 is 3.00 bits per heavy atom. The summed E-state index contributed by atoms with van der Waals surface area (Å²) in [5.74, 6) is -0.264. The van der Waals surface area contributed by atoms with Crippen LogP contribution in [0.2, 0.25) is 0 Å². The van der Waals surface area contributed by atoms with Crippen molar-refractivity contribution in [2.24, 2.45) is 0 Å². The van der Waals surface area contributed by atoms with Crippen LogP contribution < -0.4 is 16.0 Å². The maximum absolute atomic E-state index is 11.8. The lowest BCUT2D eigenvalue weighted by atomic mass is 10.2. The molecule has 1 fully saturated rings. The summed E-state index contributed by atoms with van der Waals surface area (Å²) in [5, 5.41) is 2.27. The first kappa shape index (κ1) is 10.6. The monoisotopic (exact) mass is 245 g/mol. The highest BCUT2D eigenvalue weighted by molar-refractivity contribution is 6.07. The molecule has 2 aromatic rings. The van der Waals surface area contributed by atoms with Crippen LogP contribution in [0.25, 0.3) is 5.65 Å². The van der Waals surface area contributed by atoms with Gasteiger partial charge in [0.25, 0.3) is 0 Å². The molecule has 1 aliphatic rings. The quantitative estimate of drug-likeness (QED) is 0.758. The third-order valence-corrected chi connectivity index (χ3v) is 2.83. The van der Waals surface area contributed by atoms with Crippen molar-refractivity contribution in [2.75, 3.05) is 17.2 Å². The molecule has 0 aromatic carbocycles. The Balaban J connectivity index is 2.11. The Labute approximate surface area is 102 Å². The summed E-state index contributed by atoms with van der Waals surface area (Å²) in [7, 11) is 0. The zero-order valence-corrected chi connectivity index (χ0v) is 9.46. The molecule has 0 saturated carbocycles. The topological polar surface area (TPSA) is 92.7 Å². The molecule has 7 heteroatoms. The van der Waals surface area contributed by atoms with Crippen LogP contribution in [-0.2, 0) is 4.79 Å². The van der Waals surface area contributed by atoms with E-state index in [4.69, 9.17) is 5.73 Å². The highest BCUT2D eigenvalue weighted by Gasteiger charge is 2.26. The average Bonchev–Trinajstić information content (AvgIpc) is 2.76. The second-order valence-corrected chi connectivity index (χ2v) is 4.07. The van der Waals surface area contributed by atoms with Crippen LogP contribution in [0.3, 0.4) is 0 Å². The Morgan fingerprint density at radius 1 is 1.39 bits per heavy atom. The lowest BCUT2D eigenvalue weighted by Gasteiger charge is -2.26. The van der Waals surface area contributed by atoms with Gasteiger partial charge in [0.1, 0.15) is 0 Å². The van der Waals surface area contributed by atoms with E-state index in [1.54, 1.807) is 29.1 Å². The van der Waals surface area contributed by atoms with E-state index in [0.29, 0.717) is 23.6 Å². The van der Waals surface area contributed by atoms with Crippen LogP contribution in [0.4, 0.5) is 16.2 Å². The molecule has 18 heavy (non-hydrogen) atoms. The van der Waals surface area contributed by atoms with E-state index < -0.39 is 6.03 Å². The van der Waals surface area contributed by atoms with Gasteiger partial charge in [-0.25, -0.2) is 9.78 Å². The first-order valence-electron chi connectivity index (χ1n) is 5.49. The zero-order valence-electron chi connectivity index (χ0n) is 9.46. The van der Waals surface area contributed by atoms with Gasteiger partial charge in [-0.3, -0.25) is 15.0 Å². The van der Waals surface area contributed by atoms with Crippen molar-refractivity contribution in [3.8, 4) is 0 Å². The molecule has 3 heterocycles. The molecule has 1 saturated heterocycles. The second kappa shape index (κ2) is 3.73. The van der Waals surface area contributed by atoms with Gasteiger partial charge in [0.2, 0.25) is 5.91 Å². The van der Waals surface area contributed by atoms with E-state index in [9.17, 15) is 9.59 Å². The van der Waals surface area contributed by atoms with Crippen LogP contribution in [0.5, 0.6) is 0 Å². The molecule has 1 aliphatic heterocycles. The van der Waals surface area contributed by atoms with Crippen LogP contribution in [0.1, 0.15) is 6.42 Å². The summed E-state index contributed by atoms with van der Waals surface area (Å²) < 4.78 is 1.74. The lowest BCUT2D eigenvalue weighted by molar-refractivity contribution is -0.120. The number of nitrogens with zero attached hydrogens (tertiary/aromatic N) is 3. The number of hydrogen-bond donors (Lipinski definition) is 2. The first-order valence-corrected chi connectivity index (χ1v) is 5.49. The number of nitrogens with one attached hydrogen (secondary N) is 1. The number of carbonyl (C=O) groups is 2. The van der Waals surface area contributed by atoms with E-state index in [-0.39, 0.29) is 12.3 Å². The Morgan fingerprint density at radius 2 is 2.22 bits per heavy atom. The molecule has 0 spiro atoms. The predicted molar refractivity (Wildman–Crippen MR) is 65.1 cm³/mol. The van der Waals surface area contributed by atoms with Gasteiger partial charge in [-0.2, -0.15) is 0 Å². The fourth-order valence-electron chi connectivity index (χ4n) is 2.03. The van der Waals surface area contributed by atoms with Crippen molar-refractivity contribution >= 4 is 29.0 Å². The number of rotatable bonds is 1. The number of anilines is 2. The third-order valence-electron chi connectivity index (χ3n) is 2.83. The second-order valence-electron chi connectivity index (χ2n) is 4.07. The average molecular weight is 245 g/mol. The number of urea groups is 1. The SMILES string of the molecule is Nc1cc(N2CCC(=O)NC2=O)c2nccn2c1. The molecule has 3 N–H and O–H groups in total. The lowest BCUT2D eigenvalue weighted by Crippen LogP contribution is -2.49. The number of imide groups is 1. The summed E-state index contributed by atoms with van der Waals surface area (Å²) in [5.41, 5.74) is 7.55. The molecular weight excluding hydrogens is 234 g/mol. The summed E-state index contributed by atoms with van der Waals surface area (Å²) in [6, 6.07) is 1.24. The number of nitrogens with two attached hydrogens (primary N) is 1. The number of imidazole rings is 1. The number of fused-ring (bicyclic) bond motifs is 1. The van der Waals surface area contributed by atoms with Crippen LogP contribution in [0.15, 0.2) is 24.7 Å². The van der Waals surface area contributed by atoms with Crippen LogP contribution >= 0.6 is 0 Å². The maximum atomic E-state index is 11.8. The Hall–Kier alpha value is -2.57.